The summed E-state index contributed by atoms with van der Waals surface area (Å²) in [5.41, 5.74) is 1.18. The van der Waals surface area contributed by atoms with E-state index < -0.39 is 0 Å². The molecule has 1 N–H and O–H groups in total. The maximum atomic E-state index is 10.1. The van der Waals surface area contributed by atoms with Gasteiger partial charge < -0.3 is 14.6 Å². The zero-order chi connectivity index (χ0) is 13.8. The second-order valence-corrected chi connectivity index (χ2v) is 5.98. The van der Waals surface area contributed by atoms with Crippen molar-refractivity contribution in [3.05, 3.63) is 22.2 Å². The number of ether oxygens (including phenoxy) is 2. The smallest absolute Gasteiger partial charge is 0.174 e. The molecule has 2 rings (SSSR count). The number of rotatable bonds is 4. The van der Waals surface area contributed by atoms with Crippen molar-refractivity contribution in [1.82, 2.24) is 0 Å². The van der Waals surface area contributed by atoms with Crippen LogP contribution in [0.5, 0.6) is 11.5 Å². The van der Waals surface area contributed by atoms with Gasteiger partial charge in [-0.3, -0.25) is 0 Å². The molecular weight excluding hydrogens is 308 g/mol. The number of aliphatic hydroxyl groups excluding tert-OH is 1. The summed E-state index contributed by atoms with van der Waals surface area (Å²) in [5.74, 6) is 1.81. The number of aliphatic hydroxyl groups is 1. The summed E-state index contributed by atoms with van der Waals surface area (Å²) in [7, 11) is 3.27. The average Bonchev–Trinajstić information content (AvgIpc) is 2.40. The number of halogens is 1. The average molecular weight is 329 g/mol. The molecule has 1 unspecified atom stereocenters. The van der Waals surface area contributed by atoms with E-state index in [2.05, 4.69) is 22.0 Å². The number of benzene rings is 1. The lowest BCUT2D eigenvalue weighted by molar-refractivity contribution is 0.0700. The molecule has 0 bridgehead atoms. The third kappa shape index (κ3) is 3.42. The van der Waals surface area contributed by atoms with Crippen molar-refractivity contribution in [2.75, 3.05) is 14.2 Å². The van der Waals surface area contributed by atoms with Crippen molar-refractivity contribution in [2.45, 2.75) is 38.2 Å². The van der Waals surface area contributed by atoms with E-state index in [4.69, 9.17) is 9.47 Å². The van der Waals surface area contributed by atoms with Crippen molar-refractivity contribution in [3.63, 3.8) is 0 Å². The first-order valence-corrected chi connectivity index (χ1v) is 7.53. The van der Waals surface area contributed by atoms with Crippen LogP contribution >= 0.6 is 15.9 Å². The molecule has 1 aliphatic rings. The third-order valence-electron chi connectivity index (χ3n) is 3.86. The number of methoxy groups -OCH3 is 2. The standard InChI is InChI=1S/C15H21BrO3/c1-18-14-9-10(8-12(16)15(14)19-2)7-11-5-3-4-6-13(11)17/h8-9,11,13,17H,3-7H2,1-2H3/t11?,13-/m0/s1. The molecule has 106 valence electrons. The van der Waals surface area contributed by atoms with Gasteiger partial charge in [-0.15, -0.1) is 0 Å². The second-order valence-electron chi connectivity index (χ2n) is 5.13. The quantitative estimate of drug-likeness (QED) is 0.918. The van der Waals surface area contributed by atoms with Gasteiger partial charge in [-0.2, -0.15) is 0 Å². The van der Waals surface area contributed by atoms with Crippen molar-refractivity contribution in [3.8, 4) is 11.5 Å². The van der Waals surface area contributed by atoms with E-state index in [0.29, 0.717) is 5.92 Å². The predicted octanol–water partition coefficient (Wildman–Crippen LogP) is 3.56. The Labute approximate surface area is 123 Å². The SMILES string of the molecule is COc1cc(CC2CCCC[C@@H]2O)cc(Br)c1OC. The van der Waals surface area contributed by atoms with Gasteiger partial charge in [0.15, 0.2) is 11.5 Å². The van der Waals surface area contributed by atoms with Crippen molar-refractivity contribution in [1.29, 1.82) is 0 Å². The highest BCUT2D eigenvalue weighted by Gasteiger charge is 2.24. The Morgan fingerprint density at radius 1 is 1.21 bits per heavy atom. The summed E-state index contributed by atoms with van der Waals surface area (Å²) in [6.45, 7) is 0. The third-order valence-corrected chi connectivity index (χ3v) is 4.45. The monoisotopic (exact) mass is 328 g/mol. The van der Waals surface area contributed by atoms with Crippen LogP contribution in [-0.2, 0) is 6.42 Å². The number of hydrogen-bond acceptors (Lipinski definition) is 3. The molecule has 0 aliphatic heterocycles. The van der Waals surface area contributed by atoms with E-state index in [-0.39, 0.29) is 6.10 Å². The summed E-state index contributed by atoms with van der Waals surface area (Å²) in [6, 6.07) is 4.06. The fraction of sp³-hybridized carbons (Fsp3) is 0.600. The van der Waals surface area contributed by atoms with Crippen LogP contribution in [0.1, 0.15) is 31.2 Å². The van der Waals surface area contributed by atoms with E-state index in [1.807, 2.05) is 6.07 Å². The number of hydrogen-bond donors (Lipinski definition) is 1. The van der Waals surface area contributed by atoms with Crippen LogP contribution in [0.15, 0.2) is 16.6 Å². The van der Waals surface area contributed by atoms with Crippen LogP contribution in [0.3, 0.4) is 0 Å². The lowest BCUT2D eigenvalue weighted by Gasteiger charge is -2.27. The maximum Gasteiger partial charge on any atom is 0.174 e. The highest BCUT2D eigenvalue weighted by atomic mass is 79.9. The summed E-state index contributed by atoms with van der Waals surface area (Å²) < 4.78 is 11.6. The lowest BCUT2D eigenvalue weighted by atomic mass is 9.82. The molecule has 0 amide bonds. The van der Waals surface area contributed by atoms with Crippen LogP contribution in [0, 0.1) is 5.92 Å². The maximum absolute atomic E-state index is 10.1. The van der Waals surface area contributed by atoms with Crippen LogP contribution in [0.2, 0.25) is 0 Å². The molecule has 0 aromatic heterocycles. The first-order valence-electron chi connectivity index (χ1n) is 6.74. The van der Waals surface area contributed by atoms with Crippen LogP contribution in [-0.4, -0.2) is 25.4 Å². The normalized spacial score (nSPS) is 23.2. The largest absolute Gasteiger partial charge is 0.493 e. The predicted molar refractivity (Wildman–Crippen MR) is 78.9 cm³/mol. The van der Waals surface area contributed by atoms with Gasteiger partial charge in [0, 0.05) is 0 Å². The second kappa shape index (κ2) is 6.62. The molecule has 0 radical (unpaired) electrons. The summed E-state index contributed by atoms with van der Waals surface area (Å²) in [6.07, 6.45) is 5.12. The molecule has 1 aromatic rings. The summed E-state index contributed by atoms with van der Waals surface area (Å²) >= 11 is 3.51. The molecule has 1 aliphatic carbocycles. The van der Waals surface area contributed by atoms with E-state index in [0.717, 1.165) is 41.7 Å². The molecular formula is C15H21BrO3. The molecule has 4 heteroatoms. The molecule has 1 aromatic carbocycles. The van der Waals surface area contributed by atoms with Gasteiger partial charge in [0.05, 0.1) is 24.8 Å². The Morgan fingerprint density at radius 3 is 2.58 bits per heavy atom. The van der Waals surface area contributed by atoms with Gasteiger partial charge in [-0.1, -0.05) is 12.8 Å². The molecule has 0 saturated heterocycles. The highest BCUT2D eigenvalue weighted by molar-refractivity contribution is 9.10. The molecule has 2 atom stereocenters. The van der Waals surface area contributed by atoms with Gasteiger partial charge in [0.1, 0.15) is 0 Å². The molecule has 1 fully saturated rings. The van der Waals surface area contributed by atoms with E-state index >= 15 is 0 Å². The van der Waals surface area contributed by atoms with E-state index in [1.54, 1.807) is 14.2 Å². The van der Waals surface area contributed by atoms with Crippen LogP contribution < -0.4 is 9.47 Å². The molecule has 0 spiro atoms. The molecule has 1 saturated carbocycles. The minimum atomic E-state index is -0.166. The zero-order valence-corrected chi connectivity index (χ0v) is 13.1. The Hall–Kier alpha value is -0.740. The van der Waals surface area contributed by atoms with E-state index in [9.17, 15) is 5.11 Å². The van der Waals surface area contributed by atoms with Crippen molar-refractivity contribution >= 4 is 15.9 Å². The zero-order valence-electron chi connectivity index (χ0n) is 11.5. The van der Waals surface area contributed by atoms with Gasteiger partial charge in [0.2, 0.25) is 0 Å². The van der Waals surface area contributed by atoms with Crippen LogP contribution in [0.25, 0.3) is 0 Å². The van der Waals surface area contributed by atoms with Gasteiger partial charge >= 0.3 is 0 Å². The van der Waals surface area contributed by atoms with Crippen molar-refractivity contribution in [2.24, 2.45) is 5.92 Å². The molecule has 19 heavy (non-hydrogen) atoms. The van der Waals surface area contributed by atoms with Gasteiger partial charge in [0.25, 0.3) is 0 Å². The Morgan fingerprint density at radius 2 is 1.95 bits per heavy atom. The van der Waals surface area contributed by atoms with Gasteiger partial charge in [-0.25, -0.2) is 0 Å². The lowest BCUT2D eigenvalue weighted by Crippen LogP contribution is -2.26. The first kappa shape index (κ1) is 14.7. The first-order chi connectivity index (χ1) is 9.15. The topological polar surface area (TPSA) is 38.7 Å². The Balaban J connectivity index is 2.18. The fourth-order valence-electron chi connectivity index (χ4n) is 2.82. The Kier molecular flexibility index (Phi) is 5.11. The highest BCUT2D eigenvalue weighted by Crippen LogP contribution is 2.38. The van der Waals surface area contributed by atoms with E-state index in [1.165, 1.54) is 12.0 Å². The summed E-state index contributed by atoms with van der Waals surface area (Å²) in [4.78, 5) is 0. The Bertz CT molecular complexity index is 434. The molecule has 3 nitrogen and oxygen atoms in total. The minimum absolute atomic E-state index is 0.166. The summed E-state index contributed by atoms with van der Waals surface area (Å²) in [5, 5.41) is 10.1. The van der Waals surface area contributed by atoms with Crippen LogP contribution in [0.4, 0.5) is 0 Å². The minimum Gasteiger partial charge on any atom is -0.493 e. The fourth-order valence-corrected chi connectivity index (χ4v) is 3.47. The van der Waals surface area contributed by atoms with Gasteiger partial charge in [-0.05, 0) is 58.8 Å². The molecule has 0 heterocycles. The van der Waals surface area contributed by atoms with Crippen molar-refractivity contribution < 1.29 is 14.6 Å².